The molecule has 0 atom stereocenters. The average molecular weight is 345 g/mol. The molecule has 0 aliphatic carbocycles. The van der Waals surface area contributed by atoms with Crippen molar-refractivity contribution in [1.82, 2.24) is 14.8 Å². The number of nitrogens with zero attached hydrogens (tertiary/aromatic N) is 3. The number of hydrogen-bond donors (Lipinski definition) is 1. The Morgan fingerprint density at radius 2 is 1.68 bits per heavy atom. The highest BCUT2D eigenvalue weighted by Crippen LogP contribution is 2.29. The van der Waals surface area contributed by atoms with Crippen LogP contribution in [0.2, 0.25) is 0 Å². The van der Waals surface area contributed by atoms with E-state index in [0.29, 0.717) is 17.2 Å². The van der Waals surface area contributed by atoms with Crippen LogP contribution in [0.4, 0.5) is 0 Å². The van der Waals surface area contributed by atoms with Crippen LogP contribution in [0.1, 0.15) is 10.7 Å². The van der Waals surface area contributed by atoms with E-state index in [1.165, 1.54) is 0 Å². The molecule has 1 N–H and O–H groups in total. The van der Waals surface area contributed by atoms with E-state index >= 15 is 0 Å². The number of rotatable bonds is 4. The van der Waals surface area contributed by atoms with E-state index in [0.717, 1.165) is 10.6 Å². The maximum absolute atomic E-state index is 10.2. The number of phenolic OH excluding ortho intramolecular Hbond substituents is 1. The predicted molar refractivity (Wildman–Crippen MR) is 102 cm³/mol. The molecule has 2 aromatic heterocycles. The number of benzene rings is 2. The van der Waals surface area contributed by atoms with Gasteiger partial charge < -0.3 is 5.11 Å². The average Bonchev–Trinajstić information content (AvgIpc) is 3.31. The van der Waals surface area contributed by atoms with E-state index in [-0.39, 0.29) is 5.75 Å². The lowest BCUT2D eigenvalue weighted by atomic mass is 10.2. The summed E-state index contributed by atoms with van der Waals surface area (Å²) in [5, 5.41) is 16.9. The normalized spacial score (nSPS) is 11.2. The van der Waals surface area contributed by atoms with Gasteiger partial charge in [0.1, 0.15) is 5.75 Å². The minimum absolute atomic E-state index is 0.181. The van der Waals surface area contributed by atoms with Crippen LogP contribution in [0.3, 0.4) is 0 Å². The third kappa shape index (κ3) is 3.22. The van der Waals surface area contributed by atoms with Crippen molar-refractivity contribution in [1.29, 1.82) is 0 Å². The lowest BCUT2D eigenvalue weighted by Crippen LogP contribution is -1.99. The van der Waals surface area contributed by atoms with Crippen molar-refractivity contribution in [3.05, 3.63) is 82.8 Å². The van der Waals surface area contributed by atoms with E-state index in [1.807, 2.05) is 72.1 Å². The summed E-state index contributed by atoms with van der Waals surface area (Å²) in [5.41, 5.74) is 1.54. The summed E-state index contributed by atoms with van der Waals surface area (Å²) in [6.45, 7) is 0. The molecule has 0 aliphatic heterocycles. The van der Waals surface area contributed by atoms with Crippen LogP contribution in [-0.4, -0.2) is 19.9 Å². The summed E-state index contributed by atoms with van der Waals surface area (Å²) in [5.74, 6) is 1.38. The molecule has 0 radical (unpaired) electrons. The zero-order valence-corrected chi connectivity index (χ0v) is 14.1. The first kappa shape index (κ1) is 15.4. The van der Waals surface area contributed by atoms with Gasteiger partial charge in [0.15, 0.2) is 11.6 Å². The number of thiophene rings is 1. The Morgan fingerprint density at radius 1 is 0.880 bits per heavy atom. The lowest BCUT2D eigenvalue weighted by molar-refractivity contribution is 0.476. The quantitative estimate of drug-likeness (QED) is 0.574. The minimum Gasteiger partial charge on any atom is -0.507 e. The summed E-state index contributed by atoms with van der Waals surface area (Å²) in [7, 11) is 0. The molecule has 0 spiro atoms. The van der Waals surface area contributed by atoms with Gasteiger partial charge in [-0.1, -0.05) is 36.4 Å². The maximum Gasteiger partial charge on any atom is 0.175 e. The van der Waals surface area contributed by atoms with Gasteiger partial charge in [-0.15, -0.1) is 16.4 Å². The first-order chi connectivity index (χ1) is 12.3. The Bertz CT molecular complexity index is 1000. The number of hydrogen-bond acceptors (Lipinski definition) is 4. The molecule has 2 aromatic carbocycles. The van der Waals surface area contributed by atoms with Crippen molar-refractivity contribution < 1.29 is 5.11 Å². The van der Waals surface area contributed by atoms with Crippen molar-refractivity contribution in [3.63, 3.8) is 0 Å². The highest BCUT2D eigenvalue weighted by molar-refractivity contribution is 7.10. The van der Waals surface area contributed by atoms with Crippen molar-refractivity contribution in [2.45, 2.75) is 0 Å². The molecule has 4 aromatic rings. The highest BCUT2D eigenvalue weighted by Gasteiger charge is 2.15. The Labute approximate surface area is 149 Å². The second kappa shape index (κ2) is 6.75. The predicted octanol–water partition coefficient (Wildman–Crippen LogP) is 4.87. The van der Waals surface area contributed by atoms with Gasteiger partial charge in [-0.25, -0.2) is 9.67 Å². The summed E-state index contributed by atoms with van der Waals surface area (Å²) in [6.07, 6.45) is 3.87. The molecule has 0 aliphatic rings. The largest absolute Gasteiger partial charge is 0.507 e. The zero-order chi connectivity index (χ0) is 17.1. The van der Waals surface area contributed by atoms with Gasteiger partial charge in [0, 0.05) is 4.88 Å². The monoisotopic (exact) mass is 345 g/mol. The molecule has 0 saturated carbocycles. The fourth-order valence-electron chi connectivity index (χ4n) is 2.53. The first-order valence-electron chi connectivity index (χ1n) is 7.84. The first-order valence-corrected chi connectivity index (χ1v) is 8.72. The molecule has 122 valence electrons. The SMILES string of the molecule is Oc1ccccc1-c1nc(/C=C/c2cccs2)nn1-c1ccccc1. The Balaban J connectivity index is 1.82. The number of aromatic hydroxyl groups is 1. The second-order valence-corrected chi connectivity index (χ2v) is 6.39. The van der Waals surface area contributed by atoms with Crippen LogP contribution in [0.5, 0.6) is 5.75 Å². The molecule has 2 heterocycles. The lowest BCUT2D eigenvalue weighted by Gasteiger charge is -2.06. The molecule has 25 heavy (non-hydrogen) atoms. The topological polar surface area (TPSA) is 50.9 Å². The molecule has 4 nitrogen and oxygen atoms in total. The van der Waals surface area contributed by atoms with Crippen LogP contribution in [-0.2, 0) is 0 Å². The van der Waals surface area contributed by atoms with Gasteiger partial charge in [-0.2, -0.15) is 0 Å². The molecular formula is C20H15N3OS. The fourth-order valence-corrected chi connectivity index (χ4v) is 3.15. The smallest absolute Gasteiger partial charge is 0.175 e. The van der Waals surface area contributed by atoms with Gasteiger partial charge in [-0.05, 0) is 47.9 Å². The van der Waals surface area contributed by atoms with Crippen LogP contribution < -0.4 is 0 Å². The van der Waals surface area contributed by atoms with Crippen molar-refractivity contribution in [3.8, 4) is 22.8 Å². The molecule has 0 saturated heterocycles. The molecular weight excluding hydrogens is 330 g/mol. The summed E-state index contributed by atoms with van der Waals surface area (Å²) < 4.78 is 1.75. The van der Waals surface area contributed by atoms with Gasteiger partial charge in [-0.3, -0.25) is 0 Å². The van der Waals surface area contributed by atoms with E-state index in [2.05, 4.69) is 10.1 Å². The number of phenols is 1. The third-order valence-corrected chi connectivity index (χ3v) is 4.55. The van der Waals surface area contributed by atoms with E-state index in [1.54, 1.807) is 28.2 Å². The Morgan fingerprint density at radius 3 is 2.44 bits per heavy atom. The summed E-state index contributed by atoms with van der Waals surface area (Å²) in [4.78, 5) is 5.77. The summed E-state index contributed by atoms with van der Waals surface area (Å²) >= 11 is 1.66. The zero-order valence-electron chi connectivity index (χ0n) is 13.3. The molecule has 4 rings (SSSR count). The van der Waals surface area contributed by atoms with Crippen molar-refractivity contribution in [2.24, 2.45) is 0 Å². The van der Waals surface area contributed by atoms with Gasteiger partial charge >= 0.3 is 0 Å². The van der Waals surface area contributed by atoms with E-state index in [9.17, 15) is 5.11 Å². The van der Waals surface area contributed by atoms with Gasteiger partial charge in [0.05, 0.1) is 11.3 Å². The molecule has 0 unspecified atom stereocenters. The van der Waals surface area contributed by atoms with Crippen LogP contribution >= 0.6 is 11.3 Å². The van der Waals surface area contributed by atoms with Crippen LogP contribution in [0, 0.1) is 0 Å². The maximum atomic E-state index is 10.2. The van der Waals surface area contributed by atoms with Crippen molar-refractivity contribution >= 4 is 23.5 Å². The molecule has 0 amide bonds. The van der Waals surface area contributed by atoms with Crippen LogP contribution in [0.15, 0.2) is 72.1 Å². The van der Waals surface area contributed by atoms with Gasteiger partial charge in [0.2, 0.25) is 0 Å². The van der Waals surface area contributed by atoms with Crippen LogP contribution in [0.25, 0.3) is 29.2 Å². The van der Waals surface area contributed by atoms with E-state index < -0.39 is 0 Å². The van der Waals surface area contributed by atoms with E-state index in [4.69, 9.17) is 0 Å². The molecule has 0 bridgehead atoms. The molecule has 5 heteroatoms. The van der Waals surface area contributed by atoms with Crippen molar-refractivity contribution in [2.75, 3.05) is 0 Å². The van der Waals surface area contributed by atoms with Gasteiger partial charge in [0.25, 0.3) is 0 Å². The number of aromatic nitrogens is 3. The fraction of sp³-hybridized carbons (Fsp3) is 0. The Hall–Kier alpha value is -3.18. The summed E-state index contributed by atoms with van der Waals surface area (Å²) in [6, 6.07) is 21.0. The number of para-hydroxylation sites is 2. The third-order valence-electron chi connectivity index (χ3n) is 3.71. The standard InChI is InChI=1S/C20H15N3OS/c24-18-11-5-4-10-17(18)20-21-19(13-12-16-9-6-14-25-16)22-23(20)15-7-2-1-3-8-15/h1-14,24H/b13-12+. The second-order valence-electron chi connectivity index (χ2n) is 5.41. The highest BCUT2D eigenvalue weighted by atomic mass is 32.1. The Kier molecular flexibility index (Phi) is 4.14. The minimum atomic E-state index is 0.181. The molecule has 0 fully saturated rings.